The van der Waals surface area contributed by atoms with Gasteiger partial charge in [0, 0.05) is 17.9 Å². The summed E-state index contributed by atoms with van der Waals surface area (Å²) in [7, 11) is 0. The first kappa shape index (κ1) is 10.6. The van der Waals surface area contributed by atoms with E-state index in [-0.39, 0.29) is 11.5 Å². The van der Waals surface area contributed by atoms with Crippen LogP contribution in [0.3, 0.4) is 0 Å². The predicted octanol–water partition coefficient (Wildman–Crippen LogP) is 1.73. The van der Waals surface area contributed by atoms with E-state index < -0.39 is 0 Å². The van der Waals surface area contributed by atoms with Crippen LogP contribution in [0.5, 0.6) is 0 Å². The molecule has 11 heavy (non-hydrogen) atoms. The topological polar surface area (TPSA) is 43.1 Å². The SMILES string of the molecule is CC.CC1(C)C(=O)CCC1N. The van der Waals surface area contributed by atoms with Crippen LogP contribution in [0.1, 0.15) is 40.5 Å². The summed E-state index contributed by atoms with van der Waals surface area (Å²) in [6, 6.07) is 0.0880. The standard InChI is InChI=1S/C7H13NO.C2H6/c1-7(2)5(8)3-4-6(7)9;1-2/h5H,3-4,8H2,1-2H3;1-2H3. The van der Waals surface area contributed by atoms with Crippen LogP contribution in [0, 0.1) is 5.41 Å². The van der Waals surface area contributed by atoms with Crippen molar-refractivity contribution in [2.45, 2.75) is 46.6 Å². The average Bonchev–Trinajstić information content (AvgIpc) is 2.21. The zero-order chi connectivity index (χ0) is 9.07. The Morgan fingerprint density at radius 1 is 1.45 bits per heavy atom. The van der Waals surface area contributed by atoms with Crippen molar-refractivity contribution in [1.29, 1.82) is 0 Å². The number of hydrogen-bond acceptors (Lipinski definition) is 2. The van der Waals surface area contributed by atoms with E-state index in [0.717, 1.165) is 6.42 Å². The molecule has 1 saturated carbocycles. The molecule has 1 aliphatic rings. The number of ketones is 1. The van der Waals surface area contributed by atoms with Crippen LogP contribution >= 0.6 is 0 Å². The Morgan fingerprint density at radius 2 is 1.91 bits per heavy atom. The number of nitrogens with two attached hydrogens (primary N) is 1. The molecule has 2 heteroatoms. The number of carbonyl (C=O) groups is 1. The second-order valence-corrected chi connectivity index (χ2v) is 3.29. The van der Waals surface area contributed by atoms with Gasteiger partial charge >= 0.3 is 0 Å². The Balaban J connectivity index is 0.000000461. The fourth-order valence-corrected chi connectivity index (χ4v) is 1.18. The summed E-state index contributed by atoms with van der Waals surface area (Å²) in [6.45, 7) is 7.85. The van der Waals surface area contributed by atoms with Crippen molar-refractivity contribution in [3.8, 4) is 0 Å². The maximum atomic E-state index is 11.0. The lowest BCUT2D eigenvalue weighted by atomic mass is 9.87. The van der Waals surface area contributed by atoms with Gasteiger partial charge in [0.2, 0.25) is 0 Å². The normalized spacial score (nSPS) is 27.7. The van der Waals surface area contributed by atoms with E-state index in [2.05, 4.69) is 0 Å². The quantitative estimate of drug-likeness (QED) is 0.582. The van der Waals surface area contributed by atoms with Gasteiger partial charge in [0.05, 0.1) is 0 Å². The molecule has 0 heterocycles. The Kier molecular flexibility index (Phi) is 3.73. The van der Waals surface area contributed by atoms with Crippen LogP contribution in [-0.4, -0.2) is 11.8 Å². The molecule has 0 bridgehead atoms. The maximum Gasteiger partial charge on any atom is 0.140 e. The molecular weight excluding hydrogens is 138 g/mol. The molecule has 0 aliphatic heterocycles. The molecule has 0 aromatic rings. The number of hydrogen-bond donors (Lipinski definition) is 1. The fourth-order valence-electron chi connectivity index (χ4n) is 1.18. The van der Waals surface area contributed by atoms with Gasteiger partial charge in [-0.25, -0.2) is 0 Å². The second kappa shape index (κ2) is 3.86. The minimum Gasteiger partial charge on any atom is -0.327 e. The molecule has 0 radical (unpaired) electrons. The van der Waals surface area contributed by atoms with E-state index in [1.54, 1.807) is 0 Å². The molecular formula is C9H19NO. The summed E-state index contributed by atoms with van der Waals surface area (Å²) in [5, 5.41) is 0. The van der Waals surface area contributed by atoms with Crippen molar-refractivity contribution in [1.82, 2.24) is 0 Å². The highest BCUT2D eigenvalue weighted by atomic mass is 16.1. The van der Waals surface area contributed by atoms with Crippen LogP contribution in [0.4, 0.5) is 0 Å². The van der Waals surface area contributed by atoms with Crippen molar-refractivity contribution in [3.63, 3.8) is 0 Å². The van der Waals surface area contributed by atoms with Crippen LogP contribution in [0.2, 0.25) is 0 Å². The molecule has 0 amide bonds. The Hall–Kier alpha value is -0.370. The summed E-state index contributed by atoms with van der Waals surface area (Å²) in [4.78, 5) is 11.0. The van der Waals surface area contributed by atoms with Crippen LogP contribution in [0.25, 0.3) is 0 Å². The van der Waals surface area contributed by atoms with Crippen LogP contribution in [0.15, 0.2) is 0 Å². The highest BCUT2D eigenvalue weighted by Gasteiger charge is 2.39. The molecule has 1 atom stereocenters. The van der Waals surface area contributed by atoms with Gasteiger partial charge in [0.15, 0.2) is 0 Å². The number of carbonyl (C=O) groups excluding carboxylic acids is 1. The smallest absolute Gasteiger partial charge is 0.140 e. The third-order valence-electron chi connectivity index (χ3n) is 2.33. The van der Waals surface area contributed by atoms with Gasteiger partial charge in [0.25, 0.3) is 0 Å². The van der Waals surface area contributed by atoms with Gasteiger partial charge in [-0.2, -0.15) is 0 Å². The van der Waals surface area contributed by atoms with Gasteiger partial charge < -0.3 is 5.73 Å². The van der Waals surface area contributed by atoms with Gasteiger partial charge in [-0.15, -0.1) is 0 Å². The molecule has 0 spiro atoms. The average molecular weight is 157 g/mol. The molecule has 0 aromatic heterocycles. The first-order chi connectivity index (χ1) is 5.05. The highest BCUT2D eigenvalue weighted by Crippen LogP contribution is 2.32. The Bertz CT molecular complexity index is 140. The summed E-state index contributed by atoms with van der Waals surface area (Å²) in [5.41, 5.74) is 5.43. The van der Waals surface area contributed by atoms with Gasteiger partial charge in [-0.05, 0) is 6.42 Å². The Labute approximate surface area is 69.2 Å². The molecule has 2 N–H and O–H groups in total. The van der Waals surface area contributed by atoms with Crippen molar-refractivity contribution in [2.75, 3.05) is 0 Å². The van der Waals surface area contributed by atoms with E-state index in [1.807, 2.05) is 27.7 Å². The van der Waals surface area contributed by atoms with E-state index in [0.29, 0.717) is 12.2 Å². The van der Waals surface area contributed by atoms with E-state index in [4.69, 9.17) is 5.73 Å². The minimum absolute atomic E-state index is 0.0880. The number of rotatable bonds is 0. The van der Waals surface area contributed by atoms with Crippen LogP contribution in [-0.2, 0) is 4.79 Å². The summed E-state index contributed by atoms with van der Waals surface area (Å²) in [6.07, 6.45) is 1.54. The van der Waals surface area contributed by atoms with Crippen molar-refractivity contribution in [2.24, 2.45) is 11.1 Å². The number of Topliss-reactive ketones (excluding diaryl/α,β-unsaturated/α-hetero) is 1. The Morgan fingerprint density at radius 3 is 2.00 bits per heavy atom. The largest absolute Gasteiger partial charge is 0.327 e. The highest BCUT2D eigenvalue weighted by molar-refractivity contribution is 5.87. The van der Waals surface area contributed by atoms with Crippen molar-refractivity contribution >= 4 is 5.78 Å². The summed E-state index contributed by atoms with van der Waals surface area (Å²) < 4.78 is 0. The third-order valence-corrected chi connectivity index (χ3v) is 2.33. The van der Waals surface area contributed by atoms with Crippen LogP contribution < -0.4 is 5.73 Å². The fraction of sp³-hybridized carbons (Fsp3) is 0.889. The molecule has 66 valence electrons. The summed E-state index contributed by atoms with van der Waals surface area (Å²) in [5.74, 6) is 0.315. The molecule has 2 nitrogen and oxygen atoms in total. The lowest BCUT2D eigenvalue weighted by Gasteiger charge is -2.20. The zero-order valence-electron chi connectivity index (χ0n) is 7.98. The maximum absolute atomic E-state index is 11.0. The lowest BCUT2D eigenvalue weighted by Crippen LogP contribution is -2.35. The van der Waals surface area contributed by atoms with Crippen molar-refractivity contribution in [3.05, 3.63) is 0 Å². The van der Waals surface area contributed by atoms with Gasteiger partial charge in [-0.3, -0.25) is 4.79 Å². The third kappa shape index (κ3) is 2.03. The molecule has 1 rings (SSSR count). The molecule has 1 unspecified atom stereocenters. The van der Waals surface area contributed by atoms with E-state index in [1.165, 1.54) is 0 Å². The predicted molar refractivity (Wildman–Crippen MR) is 47.3 cm³/mol. The van der Waals surface area contributed by atoms with E-state index >= 15 is 0 Å². The molecule has 1 fully saturated rings. The minimum atomic E-state index is -0.250. The van der Waals surface area contributed by atoms with Gasteiger partial charge in [0.1, 0.15) is 5.78 Å². The molecule has 1 aliphatic carbocycles. The second-order valence-electron chi connectivity index (χ2n) is 3.29. The monoisotopic (exact) mass is 157 g/mol. The van der Waals surface area contributed by atoms with Crippen molar-refractivity contribution < 1.29 is 4.79 Å². The zero-order valence-corrected chi connectivity index (χ0v) is 7.98. The molecule has 0 aromatic carbocycles. The van der Waals surface area contributed by atoms with Gasteiger partial charge in [-0.1, -0.05) is 27.7 Å². The molecule has 0 saturated heterocycles. The summed E-state index contributed by atoms with van der Waals surface area (Å²) >= 11 is 0. The first-order valence-corrected chi connectivity index (χ1v) is 4.34. The first-order valence-electron chi connectivity index (χ1n) is 4.34. The lowest BCUT2D eigenvalue weighted by molar-refractivity contribution is -0.124. The van der Waals surface area contributed by atoms with E-state index in [9.17, 15) is 4.79 Å².